The van der Waals surface area contributed by atoms with Crippen molar-refractivity contribution in [3.05, 3.63) is 0 Å². The normalized spacial score (nSPS) is 69.3. The van der Waals surface area contributed by atoms with Gasteiger partial charge in [-0.1, -0.05) is 6.37 Å². The quantitative estimate of drug-likeness (QED) is 0.571. The maximum atomic E-state index is 12.8. The Labute approximate surface area is 70.2 Å². The van der Waals surface area contributed by atoms with Gasteiger partial charge in [-0.25, -0.2) is 0 Å². The maximum Gasteiger partial charge on any atom is 0.403 e. The first-order valence-electron chi connectivity index (χ1n) is 6.82. The summed E-state index contributed by atoms with van der Waals surface area (Å²) in [7, 11) is 0. The molecule has 1 aliphatic rings. The van der Waals surface area contributed by atoms with E-state index in [9.17, 15) is 13.2 Å². The Bertz CT molecular complexity index is 392. The zero-order valence-corrected chi connectivity index (χ0v) is 4.63. The molecule has 1 nitrogen and oxygen atoms in total. The van der Waals surface area contributed by atoms with Gasteiger partial charge < -0.3 is 5.32 Å². The molecule has 1 rings (SSSR count). The van der Waals surface area contributed by atoms with E-state index in [2.05, 4.69) is 0 Å². The van der Waals surface area contributed by atoms with Gasteiger partial charge in [-0.15, -0.1) is 0 Å². The van der Waals surface area contributed by atoms with Crippen LogP contribution < -0.4 is 5.32 Å². The first kappa shape index (κ1) is 2.12. The fourth-order valence-corrected chi connectivity index (χ4v) is 0.392. The number of hydrogen-bond donors (Lipinski definition) is 1. The second kappa shape index (κ2) is 2.78. The van der Waals surface area contributed by atoms with Crippen LogP contribution in [0.2, 0.25) is 0 Å². The smallest absolute Gasteiger partial charge is 0.306 e. The predicted molar refractivity (Wildman–Crippen MR) is 31.7 cm³/mol. The van der Waals surface area contributed by atoms with Crippen molar-refractivity contribution in [2.24, 2.45) is 0 Å². The average molecular weight is 162 g/mol. The molecule has 1 heterocycles. The summed E-state index contributed by atoms with van der Waals surface area (Å²) < 4.78 is 103. The van der Waals surface area contributed by atoms with Gasteiger partial charge in [0, 0.05) is 11.0 Å². The Morgan fingerprint density at radius 3 is 2.80 bits per heavy atom. The topological polar surface area (TPSA) is 12.0 Å². The Kier molecular flexibility index (Phi) is 0.590. The van der Waals surface area contributed by atoms with Crippen molar-refractivity contribution in [3.8, 4) is 0 Å². The molecule has 60 valence electrons. The molecule has 0 aromatic carbocycles. The summed E-state index contributed by atoms with van der Waals surface area (Å²) in [5.41, 5.74) is 0. The van der Waals surface area contributed by atoms with Crippen molar-refractivity contribution >= 4 is 0 Å². The number of alkyl halides is 3. The highest BCUT2D eigenvalue weighted by atomic mass is 19.4. The van der Waals surface area contributed by atoms with E-state index in [1.54, 1.807) is 0 Å². The first-order valence-corrected chi connectivity index (χ1v) is 2.32. The predicted octanol–water partition coefficient (Wildman–Crippen LogP) is 1.69. The Morgan fingerprint density at radius 2 is 2.20 bits per heavy atom. The number of piperidine rings is 1. The number of nitrogens with one attached hydrogen (secondary N) is 1. The average Bonchev–Trinajstić information content (AvgIpc) is 2.12. The molecule has 0 radical (unpaired) electrons. The van der Waals surface area contributed by atoms with Gasteiger partial charge in [0.25, 0.3) is 0 Å². The fourth-order valence-electron chi connectivity index (χ4n) is 0.392. The minimum atomic E-state index is -5.65. The molecule has 1 saturated heterocycles. The van der Waals surface area contributed by atoms with E-state index in [1.165, 1.54) is 0 Å². The van der Waals surface area contributed by atoms with Gasteiger partial charge in [0.05, 0.1) is 1.37 Å². The molecule has 0 amide bonds. The van der Waals surface area contributed by atoms with Crippen molar-refractivity contribution in [2.45, 2.75) is 31.3 Å². The third-order valence-corrected chi connectivity index (χ3v) is 0.783. The zero-order chi connectivity index (χ0) is 15.7. The van der Waals surface area contributed by atoms with Crippen molar-refractivity contribution in [3.63, 3.8) is 0 Å². The molecule has 0 aromatic heterocycles. The third kappa shape index (κ3) is 1.87. The summed E-state index contributed by atoms with van der Waals surface area (Å²) >= 11 is 0. The van der Waals surface area contributed by atoms with E-state index >= 15 is 0 Å². The number of halogens is 3. The van der Waals surface area contributed by atoms with Crippen LogP contribution in [0, 0.1) is 0 Å². The van der Waals surface area contributed by atoms with Crippen LogP contribution in [0.4, 0.5) is 13.2 Å². The van der Waals surface area contributed by atoms with Crippen molar-refractivity contribution < 1.29 is 25.5 Å². The monoisotopic (exact) mass is 162 g/mol. The Morgan fingerprint density at radius 1 is 1.50 bits per heavy atom. The van der Waals surface area contributed by atoms with Crippen LogP contribution in [0.5, 0.6) is 0 Å². The summed E-state index contributed by atoms with van der Waals surface area (Å²) in [6.07, 6.45) is -17.2. The molecular formula is C6H10F3N. The Balaban J connectivity index is 3.60. The zero-order valence-electron chi connectivity index (χ0n) is 13.6. The summed E-state index contributed by atoms with van der Waals surface area (Å²) in [6, 6.07) is -4.32. The van der Waals surface area contributed by atoms with E-state index in [4.69, 9.17) is 12.3 Å². The Hall–Kier alpha value is -0.250. The van der Waals surface area contributed by atoms with Gasteiger partial charge in [0.2, 0.25) is 0 Å². The number of rotatable bonds is 0. The van der Waals surface area contributed by atoms with Crippen LogP contribution in [0.1, 0.15) is 31.5 Å². The first-order chi connectivity index (χ1) is 7.96. The van der Waals surface area contributed by atoms with Gasteiger partial charge >= 0.3 is 6.18 Å². The molecule has 0 aromatic rings. The third-order valence-electron chi connectivity index (χ3n) is 0.783. The van der Waals surface area contributed by atoms with E-state index in [0.717, 1.165) is 5.32 Å². The standard InChI is InChI=1S/C6H10F3N/c7-6(8,9)5-3-1-2-4-10-5/h5,10H,1-4H2/i1D2,2D2,3D2,4D2,5D. The van der Waals surface area contributed by atoms with Gasteiger partial charge in [-0.3, -0.25) is 0 Å². The highest BCUT2D eigenvalue weighted by molar-refractivity contribution is 4.78. The lowest BCUT2D eigenvalue weighted by Crippen LogP contribution is -2.45. The van der Waals surface area contributed by atoms with Crippen LogP contribution in [-0.2, 0) is 0 Å². The molecule has 1 N–H and O–H groups in total. The molecule has 0 bridgehead atoms. The molecule has 0 aliphatic carbocycles. The number of hydrogen-bond acceptors (Lipinski definition) is 1. The minimum absolute atomic E-state index is 0.930. The SMILES string of the molecule is [2H]C1([2H])NC([2H])(C(F)(F)F)C([2H])([2H])C([2H])([2H])C1([2H])[2H]. The highest BCUT2D eigenvalue weighted by Gasteiger charge is 2.39. The fraction of sp³-hybridized carbons (Fsp3) is 1.00. The highest BCUT2D eigenvalue weighted by Crippen LogP contribution is 2.25. The lowest BCUT2D eigenvalue weighted by molar-refractivity contribution is -0.160. The lowest BCUT2D eigenvalue weighted by atomic mass is 10.1. The van der Waals surface area contributed by atoms with Gasteiger partial charge in [0.1, 0.15) is 6.02 Å². The van der Waals surface area contributed by atoms with Gasteiger partial charge in [-0.2, -0.15) is 13.2 Å². The molecule has 1 atom stereocenters. The van der Waals surface area contributed by atoms with Crippen LogP contribution in [0.15, 0.2) is 0 Å². The van der Waals surface area contributed by atoms with Crippen LogP contribution in [0.25, 0.3) is 0 Å². The maximum absolute atomic E-state index is 12.8. The summed E-state index contributed by atoms with van der Waals surface area (Å²) in [5.74, 6) is 0. The largest absolute Gasteiger partial charge is 0.403 e. The summed E-state index contributed by atoms with van der Waals surface area (Å²) in [4.78, 5) is 0. The molecule has 1 unspecified atom stereocenters. The van der Waals surface area contributed by atoms with Crippen molar-refractivity contribution in [1.82, 2.24) is 5.32 Å². The minimum Gasteiger partial charge on any atom is -0.306 e. The van der Waals surface area contributed by atoms with Gasteiger partial charge in [0.15, 0.2) is 0 Å². The second-order valence-corrected chi connectivity index (χ2v) is 1.50. The van der Waals surface area contributed by atoms with Crippen LogP contribution in [-0.4, -0.2) is 18.7 Å². The van der Waals surface area contributed by atoms with E-state index in [0.29, 0.717) is 0 Å². The van der Waals surface area contributed by atoms with E-state index in [1.807, 2.05) is 0 Å². The molecule has 4 heteroatoms. The molecule has 0 saturated carbocycles. The summed E-state index contributed by atoms with van der Waals surface area (Å²) in [5, 5.41) is 0.930. The van der Waals surface area contributed by atoms with Gasteiger partial charge in [-0.05, 0) is 19.2 Å². The van der Waals surface area contributed by atoms with Crippen LogP contribution >= 0.6 is 0 Å². The van der Waals surface area contributed by atoms with Crippen molar-refractivity contribution in [2.75, 3.05) is 6.50 Å². The van der Waals surface area contributed by atoms with Crippen LogP contribution in [0.3, 0.4) is 0 Å². The van der Waals surface area contributed by atoms with Crippen molar-refractivity contribution in [1.29, 1.82) is 0 Å². The molecule has 1 fully saturated rings. The lowest BCUT2D eigenvalue weighted by Gasteiger charge is -2.25. The molecule has 10 heavy (non-hydrogen) atoms. The van der Waals surface area contributed by atoms with E-state index < -0.39 is 37.8 Å². The molecule has 1 aliphatic heterocycles. The molecule has 0 spiro atoms. The summed E-state index contributed by atoms with van der Waals surface area (Å²) in [6.45, 7) is -3.58. The van der Waals surface area contributed by atoms with E-state index in [-0.39, 0.29) is 0 Å². The second-order valence-electron chi connectivity index (χ2n) is 1.50. The molecular weight excluding hydrogens is 143 g/mol.